The molecular weight excluding hydrogens is 482 g/mol. The Labute approximate surface area is 208 Å². The number of hydrogen-bond donors (Lipinski definition) is 8. The number of H-pyrrole nitrogens is 1. The molecule has 0 aliphatic carbocycles. The van der Waals surface area contributed by atoms with Gasteiger partial charge in [0.25, 0.3) is 0 Å². The monoisotopic (exact) mass is 517 g/mol. The SMILES string of the molecule is CSCCC(NC(=O)C(Cc1cnc[nH]1)NC(=O)C(N)CCCCN)C(=O)NC(CS)C(=O)O. The molecule has 1 rings (SSSR count). The maximum atomic E-state index is 13.1. The third kappa shape index (κ3) is 10.8. The van der Waals surface area contributed by atoms with Crippen molar-refractivity contribution in [2.45, 2.75) is 56.3 Å². The molecule has 0 saturated carbocycles. The molecule has 14 heteroatoms. The molecule has 1 aromatic rings. The molecule has 0 aromatic carbocycles. The van der Waals surface area contributed by atoms with E-state index in [0.29, 0.717) is 30.8 Å². The number of nitrogens with two attached hydrogens (primary N) is 2. The summed E-state index contributed by atoms with van der Waals surface area (Å²) in [6, 6.07) is -4.04. The lowest BCUT2D eigenvalue weighted by molar-refractivity contribution is -0.141. The number of aromatic nitrogens is 2. The van der Waals surface area contributed by atoms with Crippen LogP contribution in [0.3, 0.4) is 0 Å². The minimum absolute atomic E-state index is 0.0956. The van der Waals surface area contributed by atoms with E-state index in [1.807, 2.05) is 6.26 Å². The molecule has 192 valence electrons. The lowest BCUT2D eigenvalue weighted by Gasteiger charge is -2.25. The molecular formula is C20H35N7O5S2. The minimum Gasteiger partial charge on any atom is -0.480 e. The third-order valence-electron chi connectivity index (χ3n) is 4.96. The largest absolute Gasteiger partial charge is 0.480 e. The van der Waals surface area contributed by atoms with Crippen molar-refractivity contribution in [2.24, 2.45) is 11.5 Å². The maximum Gasteiger partial charge on any atom is 0.327 e. The van der Waals surface area contributed by atoms with Gasteiger partial charge in [-0.3, -0.25) is 14.4 Å². The molecule has 4 unspecified atom stereocenters. The zero-order chi connectivity index (χ0) is 25.5. The number of aliphatic carboxylic acids is 1. The molecule has 3 amide bonds. The Morgan fingerprint density at radius 1 is 1.09 bits per heavy atom. The zero-order valence-electron chi connectivity index (χ0n) is 19.2. The van der Waals surface area contributed by atoms with Crippen molar-refractivity contribution in [3.63, 3.8) is 0 Å². The number of thioether (sulfide) groups is 1. The van der Waals surface area contributed by atoms with Crippen LogP contribution in [-0.2, 0) is 25.6 Å². The van der Waals surface area contributed by atoms with Crippen molar-refractivity contribution in [3.8, 4) is 0 Å². The lowest BCUT2D eigenvalue weighted by atomic mass is 10.1. The van der Waals surface area contributed by atoms with E-state index in [9.17, 15) is 24.3 Å². The van der Waals surface area contributed by atoms with Crippen LogP contribution in [0.2, 0.25) is 0 Å². The topological polar surface area (TPSA) is 205 Å². The second-order valence-electron chi connectivity index (χ2n) is 7.66. The van der Waals surface area contributed by atoms with E-state index in [1.165, 1.54) is 24.3 Å². The molecule has 1 aromatic heterocycles. The summed E-state index contributed by atoms with van der Waals surface area (Å²) in [5.41, 5.74) is 12.0. The molecule has 0 aliphatic rings. The van der Waals surface area contributed by atoms with Crippen LogP contribution in [-0.4, -0.2) is 87.2 Å². The molecule has 0 bridgehead atoms. The quantitative estimate of drug-likeness (QED) is 0.0905. The highest BCUT2D eigenvalue weighted by molar-refractivity contribution is 7.98. The van der Waals surface area contributed by atoms with Gasteiger partial charge in [-0.25, -0.2) is 9.78 Å². The number of imidazole rings is 1. The van der Waals surface area contributed by atoms with Gasteiger partial charge in [-0.1, -0.05) is 6.42 Å². The van der Waals surface area contributed by atoms with Crippen LogP contribution in [0.5, 0.6) is 0 Å². The summed E-state index contributed by atoms with van der Waals surface area (Å²) in [4.78, 5) is 56.5. The van der Waals surface area contributed by atoms with Crippen molar-refractivity contribution < 1.29 is 24.3 Å². The van der Waals surface area contributed by atoms with Crippen molar-refractivity contribution in [1.29, 1.82) is 0 Å². The van der Waals surface area contributed by atoms with Crippen LogP contribution in [0.4, 0.5) is 0 Å². The van der Waals surface area contributed by atoms with Crippen LogP contribution < -0.4 is 27.4 Å². The highest BCUT2D eigenvalue weighted by atomic mass is 32.2. The van der Waals surface area contributed by atoms with Gasteiger partial charge in [0.15, 0.2) is 0 Å². The Kier molecular flexibility index (Phi) is 14.3. The highest BCUT2D eigenvalue weighted by Crippen LogP contribution is 2.06. The molecule has 0 saturated heterocycles. The van der Waals surface area contributed by atoms with Gasteiger partial charge in [-0.05, 0) is 37.8 Å². The first kappa shape index (κ1) is 29.7. The maximum absolute atomic E-state index is 13.1. The van der Waals surface area contributed by atoms with Gasteiger partial charge in [0.2, 0.25) is 17.7 Å². The second kappa shape index (κ2) is 16.4. The number of carboxylic acid groups (broad SMARTS) is 1. The summed E-state index contributed by atoms with van der Waals surface area (Å²) in [7, 11) is 0. The van der Waals surface area contributed by atoms with Crippen molar-refractivity contribution in [1.82, 2.24) is 25.9 Å². The van der Waals surface area contributed by atoms with Crippen molar-refractivity contribution in [3.05, 3.63) is 18.2 Å². The van der Waals surface area contributed by atoms with Crippen LogP contribution >= 0.6 is 24.4 Å². The van der Waals surface area contributed by atoms with E-state index >= 15 is 0 Å². The highest BCUT2D eigenvalue weighted by Gasteiger charge is 2.30. The molecule has 0 spiro atoms. The summed E-state index contributed by atoms with van der Waals surface area (Å²) in [6.45, 7) is 0.495. The Bertz CT molecular complexity index is 781. The lowest BCUT2D eigenvalue weighted by Crippen LogP contribution is -2.58. The van der Waals surface area contributed by atoms with E-state index in [1.54, 1.807) is 0 Å². The average molecular weight is 518 g/mol. The molecule has 34 heavy (non-hydrogen) atoms. The minimum atomic E-state index is -1.23. The summed E-state index contributed by atoms with van der Waals surface area (Å²) in [5, 5.41) is 16.9. The summed E-state index contributed by atoms with van der Waals surface area (Å²) < 4.78 is 0. The molecule has 1 heterocycles. The summed E-state index contributed by atoms with van der Waals surface area (Å²) in [6.07, 6.45) is 7.00. The van der Waals surface area contributed by atoms with Gasteiger partial charge in [-0.15, -0.1) is 0 Å². The number of nitrogens with zero attached hydrogens (tertiary/aromatic N) is 1. The number of hydrogen-bond acceptors (Lipinski definition) is 9. The Morgan fingerprint density at radius 3 is 2.29 bits per heavy atom. The van der Waals surface area contributed by atoms with Crippen molar-refractivity contribution in [2.75, 3.05) is 24.3 Å². The second-order valence-corrected chi connectivity index (χ2v) is 9.01. The molecule has 0 aliphatic heterocycles. The predicted octanol–water partition coefficient (Wildman–Crippen LogP) is -1.37. The van der Waals surface area contributed by atoms with Crippen molar-refractivity contribution >= 4 is 48.1 Å². The summed E-state index contributed by atoms with van der Waals surface area (Å²) >= 11 is 5.42. The van der Waals surface area contributed by atoms with Gasteiger partial charge >= 0.3 is 5.97 Å². The predicted molar refractivity (Wildman–Crippen MR) is 133 cm³/mol. The molecule has 4 atom stereocenters. The van der Waals surface area contributed by atoms with E-state index in [4.69, 9.17) is 11.5 Å². The first-order valence-corrected chi connectivity index (χ1v) is 12.9. The smallest absolute Gasteiger partial charge is 0.327 e. The van der Waals surface area contributed by atoms with E-state index in [2.05, 4.69) is 38.5 Å². The van der Waals surface area contributed by atoms with E-state index in [-0.39, 0.29) is 18.6 Å². The molecule has 9 N–H and O–H groups in total. The molecule has 12 nitrogen and oxygen atoms in total. The number of carbonyl (C=O) groups excluding carboxylic acids is 3. The first-order chi connectivity index (χ1) is 16.2. The number of unbranched alkanes of at least 4 members (excludes halogenated alkanes) is 1. The van der Waals surface area contributed by atoms with Gasteiger partial charge in [0.05, 0.1) is 12.4 Å². The van der Waals surface area contributed by atoms with Gasteiger partial charge in [0, 0.05) is 24.1 Å². The fraction of sp³-hybridized carbons (Fsp3) is 0.650. The van der Waals surface area contributed by atoms with Crippen LogP contribution in [0.1, 0.15) is 31.4 Å². The summed E-state index contributed by atoms with van der Waals surface area (Å²) in [5.74, 6) is -2.54. The van der Waals surface area contributed by atoms with Crippen LogP contribution in [0.25, 0.3) is 0 Å². The van der Waals surface area contributed by atoms with Crippen LogP contribution in [0, 0.1) is 0 Å². The van der Waals surface area contributed by atoms with Crippen LogP contribution in [0.15, 0.2) is 12.5 Å². The molecule has 0 radical (unpaired) electrons. The van der Waals surface area contributed by atoms with Gasteiger partial charge < -0.3 is 37.5 Å². The molecule has 0 fully saturated rings. The Hall–Kier alpha value is -2.29. The average Bonchev–Trinajstić information content (AvgIpc) is 3.32. The first-order valence-electron chi connectivity index (χ1n) is 10.9. The van der Waals surface area contributed by atoms with Gasteiger partial charge in [0.1, 0.15) is 18.1 Å². The van der Waals surface area contributed by atoms with E-state index in [0.717, 1.165) is 6.42 Å². The number of carboxylic acids is 1. The number of thiol groups is 1. The fourth-order valence-electron chi connectivity index (χ4n) is 2.98. The number of aromatic amines is 1. The zero-order valence-corrected chi connectivity index (χ0v) is 20.9. The number of nitrogens with one attached hydrogen (secondary N) is 4. The number of rotatable bonds is 17. The normalized spacial score (nSPS) is 14.5. The standard InChI is InChI=1S/C20H35N7O5S2/c1-34-7-5-14(18(29)27-16(10-33)20(31)32)25-19(30)15(8-12-9-23-11-24-12)26-17(28)13(22)4-2-3-6-21/h9,11,13-16,33H,2-8,10,21-22H2,1H3,(H,23,24)(H,25,30)(H,26,28)(H,27,29)(H,31,32). The van der Waals surface area contributed by atoms with E-state index < -0.39 is 47.9 Å². The number of carbonyl (C=O) groups is 4. The fourth-order valence-corrected chi connectivity index (χ4v) is 3.70. The third-order valence-corrected chi connectivity index (χ3v) is 5.97. The Morgan fingerprint density at radius 2 is 1.74 bits per heavy atom. The number of amides is 3. The Balaban J connectivity index is 2.95. The van der Waals surface area contributed by atoms with Gasteiger partial charge in [-0.2, -0.15) is 24.4 Å².